The van der Waals surface area contributed by atoms with E-state index >= 15 is 0 Å². The lowest BCUT2D eigenvalue weighted by atomic mass is 10.1. The van der Waals surface area contributed by atoms with E-state index in [1.165, 1.54) is 5.56 Å². The van der Waals surface area contributed by atoms with Crippen LogP contribution < -0.4 is 20.7 Å². The average molecular weight is 393 g/mol. The molecule has 0 radical (unpaired) electrons. The summed E-state index contributed by atoms with van der Waals surface area (Å²) in [4.78, 5) is 16.1. The Morgan fingerprint density at radius 3 is 2.32 bits per heavy atom. The molecule has 1 amide bonds. The normalized spacial score (nSPS) is 11.7. The molecule has 0 fully saturated rings. The van der Waals surface area contributed by atoms with E-state index in [0.717, 1.165) is 44.1 Å². The number of nitrogens with zero attached hydrogens (tertiary/aromatic N) is 1. The monoisotopic (exact) mass is 392 g/mol. The highest BCUT2D eigenvalue weighted by Gasteiger charge is 2.15. The molecule has 0 aromatic heterocycles. The molecule has 0 spiro atoms. The molecule has 0 heterocycles. The Morgan fingerprint density at radius 1 is 1.04 bits per heavy atom. The molecule has 158 valence electrons. The van der Waals surface area contributed by atoms with Crippen molar-refractivity contribution in [2.24, 2.45) is 4.99 Å². The zero-order chi connectivity index (χ0) is 20.8. The smallest absolute Gasteiger partial charge is 0.407 e. The van der Waals surface area contributed by atoms with Crippen LogP contribution in [0.4, 0.5) is 4.79 Å². The van der Waals surface area contributed by atoms with E-state index in [1.807, 2.05) is 39.8 Å². The highest BCUT2D eigenvalue weighted by atomic mass is 16.6. The molecule has 0 saturated carbocycles. The number of hydrogen-bond acceptors (Lipinski definition) is 4. The fraction of sp³-hybridized carbons (Fsp3) is 0.619. The molecule has 0 atom stereocenters. The summed E-state index contributed by atoms with van der Waals surface area (Å²) in [6.07, 6.45) is 2.37. The number of guanidine groups is 1. The van der Waals surface area contributed by atoms with Crippen LogP contribution in [0.1, 0.15) is 46.1 Å². The molecule has 1 aromatic rings. The Bertz CT molecular complexity index is 595. The number of carbonyl (C=O) groups excluding carboxylic acids is 1. The highest BCUT2D eigenvalue weighted by Crippen LogP contribution is 2.12. The van der Waals surface area contributed by atoms with E-state index in [2.05, 4.69) is 33.1 Å². The zero-order valence-electron chi connectivity index (χ0n) is 17.9. The first kappa shape index (κ1) is 23.6. The molecule has 7 heteroatoms. The Hall–Kier alpha value is -2.44. The Morgan fingerprint density at radius 2 is 1.71 bits per heavy atom. The number of nitrogens with one attached hydrogen (secondary N) is 3. The van der Waals surface area contributed by atoms with E-state index in [1.54, 1.807) is 7.11 Å². The van der Waals surface area contributed by atoms with Crippen LogP contribution in [0.25, 0.3) is 0 Å². The number of amides is 1. The number of aryl methyl sites for hydroxylation is 1. The average Bonchev–Trinajstić information content (AvgIpc) is 2.63. The van der Waals surface area contributed by atoms with E-state index in [0.29, 0.717) is 13.1 Å². The van der Waals surface area contributed by atoms with Crippen LogP contribution >= 0.6 is 0 Å². The van der Waals surface area contributed by atoms with Gasteiger partial charge in [0.1, 0.15) is 11.4 Å². The summed E-state index contributed by atoms with van der Waals surface area (Å²) in [5.74, 6) is 1.68. The van der Waals surface area contributed by atoms with Crippen LogP contribution in [0.5, 0.6) is 5.75 Å². The van der Waals surface area contributed by atoms with Crippen LogP contribution in [0.15, 0.2) is 29.3 Å². The molecule has 0 aliphatic rings. The van der Waals surface area contributed by atoms with E-state index in [-0.39, 0.29) is 6.09 Å². The Labute approximate surface area is 169 Å². The van der Waals surface area contributed by atoms with Crippen molar-refractivity contribution in [2.75, 3.05) is 33.3 Å². The predicted molar refractivity (Wildman–Crippen MR) is 114 cm³/mol. The highest BCUT2D eigenvalue weighted by molar-refractivity contribution is 5.79. The van der Waals surface area contributed by atoms with Crippen molar-refractivity contribution >= 4 is 12.1 Å². The molecule has 1 rings (SSSR count). The minimum Gasteiger partial charge on any atom is -0.497 e. The largest absolute Gasteiger partial charge is 0.497 e. The second kappa shape index (κ2) is 12.9. The first-order chi connectivity index (χ1) is 13.3. The molecular weight excluding hydrogens is 356 g/mol. The van der Waals surface area contributed by atoms with Gasteiger partial charge in [-0.05, 0) is 64.7 Å². The van der Waals surface area contributed by atoms with Gasteiger partial charge in [-0.2, -0.15) is 0 Å². The van der Waals surface area contributed by atoms with Gasteiger partial charge in [0.2, 0.25) is 0 Å². The maximum Gasteiger partial charge on any atom is 0.407 e. The van der Waals surface area contributed by atoms with Gasteiger partial charge >= 0.3 is 6.09 Å². The molecule has 0 bridgehead atoms. The van der Waals surface area contributed by atoms with Crippen LogP contribution in [0.2, 0.25) is 0 Å². The fourth-order valence-electron chi connectivity index (χ4n) is 2.41. The number of aliphatic imine (C=N–C) groups is 1. The molecule has 0 aliphatic carbocycles. The van der Waals surface area contributed by atoms with Gasteiger partial charge in [0, 0.05) is 26.2 Å². The van der Waals surface area contributed by atoms with Crippen molar-refractivity contribution in [3.05, 3.63) is 29.8 Å². The first-order valence-corrected chi connectivity index (χ1v) is 9.96. The molecule has 0 saturated heterocycles. The third-order valence-corrected chi connectivity index (χ3v) is 3.71. The van der Waals surface area contributed by atoms with Crippen LogP contribution in [-0.4, -0.2) is 50.9 Å². The van der Waals surface area contributed by atoms with Gasteiger partial charge in [0.15, 0.2) is 5.96 Å². The lowest BCUT2D eigenvalue weighted by molar-refractivity contribution is 0.0527. The van der Waals surface area contributed by atoms with Crippen molar-refractivity contribution in [2.45, 2.75) is 52.6 Å². The van der Waals surface area contributed by atoms with E-state index < -0.39 is 5.60 Å². The standard InChI is InChI=1S/C21H36N4O3/c1-6-22-19(24-15-8-16-25-20(26)28-21(2,3)4)23-14-7-9-17-10-12-18(27-5)13-11-17/h10-13H,6-9,14-16H2,1-5H3,(H,25,26)(H2,22,23,24). The molecule has 3 N–H and O–H groups in total. The van der Waals surface area contributed by atoms with E-state index in [9.17, 15) is 4.79 Å². The van der Waals surface area contributed by atoms with Gasteiger partial charge in [0.25, 0.3) is 0 Å². The SMILES string of the molecule is CCNC(=NCCCNC(=O)OC(C)(C)C)NCCCc1ccc(OC)cc1. The molecule has 0 unspecified atom stereocenters. The number of benzene rings is 1. The number of methoxy groups -OCH3 is 1. The third kappa shape index (κ3) is 11.3. The van der Waals surface area contributed by atoms with Gasteiger partial charge in [-0.3, -0.25) is 4.99 Å². The lowest BCUT2D eigenvalue weighted by Gasteiger charge is -2.19. The van der Waals surface area contributed by atoms with Crippen molar-refractivity contribution in [3.63, 3.8) is 0 Å². The van der Waals surface area contributed by atoms with Gasteiger partial charge in [0.05, 0.1) is 7.11 Å². The van der Waals surface area contributed by atoms with Crippen LogP contribution in [-0.2, 0) is 11.2 Å². The van der Waals surface area contributed by atoms with Crippen molar-refractivity contribution in [1.29, 1.82) is 0 Å². The second-order valence-corrected chi connectivity index (χ2v) is 7.42. The molecule has 28 heavy (non-hydrogen) atoms. The minimum atomic E-state index is -0.476. The lowest BCUT2D eigenvalue weighted by Crippen LogP contribution is -2.38. The second-order valence-electron chi connectivity index (χ2n) is 7.42. The van der Waals surface area contributed by atoms with Crippen LogP contribution in [0, 0.1) is 0 Å². The maximum atomic E-state index is 11.6. The minimum absolute atomic E-state index is 0.389. The summed E-state index contributed by atoms with van der Waals surface area (Å²) in [5.41, 5.74) is 0.814. The van der Waals surface area contributed by atoms with Gasteiger partial charge in [-0.25, -0.2) is 4.79 Å². The summed E-state index contributed by atoms with van der Waals surface area (Å²) in [6, 6.07) is 8.16. The molecular formula is C21H36N4O3. The summed E-state index contributed by atoms with van der Waals surface area (Å²) in [7, 11) is 1.67. The van der Waals surface area contributed by atoms with Gasteiger partial charge in [-0.1, -0.05) is 12.1 Å². The Balaban J connectivity index is 2.24. The summed E-state index contributed by atoms with van der Waals surface area (Å²) in [6.45, 7) is 10.4. The third-order valence-electron chi connectivity index (χ3n) is 3.71. The maximum absolute atomic E-state index is 11.6. The molecule has 1 aromatic carbocycles. The van der Waals surface area contributed by atoms with E-state index in [4.69, 9.17) is 9.47 Å². The van der Waals surface area contributed by atoms with Crippen molar-refractivity contribution in [1.82, 2.24) is 16.0 Å². The summed E-state index contributed by atoms with van der Waals surface area (Å²) < 4.78 is 10.4. The number of hydrogen-bond donors (Lipinski definition) is 3. The topological polar surface area (TPSA) is 84.0 Å². The summed E-state index contributed by atoms with van der Waals surface area (Å²) >= 11 is 0. The predicted octanol–water partition coefficient (Wildman–Crippen LogP) is 3.10. The van der Waals surface area contributed by atoms with Crippen LogP contribution in [0.3, 0.4) is 0 Å². The quantitative estimate of drug-likeness (QED) is 0.324. The number of rotatable bonds is 10. The number of carbonyl (C=O) groups is 1. The first-order valence-electron chi connectivity index (χ1n) is 9.96. The van der Waals surface area contributed by atoms with Gasteiger partial charge in [-0.15, -0.1) is 0 Å². The molecule has 7 nitrogen and oxygen atoms in total. The Kier molecular flexibility index (Phi) is 10.8. The zero-order valence-corrected chi connectivity index (χ0v) is 17.9. The van der Waals surface area contributed by atoms with Crippen molar-refractivity contribution < 1.29 is 14.3 Å². The number of ether oxygens (including phenoxy) is 2. The fourth-order valence-corrected chi connectivity index (χ4v) is 2.41. The molecule has 0 aliphatic heterocycles. The van der Waals surface area contributed by atoms with Gasteiger partial charge < -0.3 is 25.4 Å². The summed E-state index contributed by atoms with van der Waals surface area (Å²) in [5, 5.41) is 9.33. The van der Waals surface area contributed by atoms with Crippen molar-refractivity contribution in [3.8, 4) is 5.75 Å². The number of alkyl carbamates (subject to hydrolysis) is 1.